The lowest BCUT2D eigenvalue weighted by Gasteiger charge is -2.37. The Morgan fingerprint density at radius 3 is 2.51 bits per heavy atom. The molecule has 37 heavy (non-hydrogen) atoms. The number of piperazine rings is 1. The van der Waals surface area contributed by atoms with Crippen molar-refractivity contribution in [3.63, 3.8) is 0 Å². The van der Waals surface area contributed by atoms with Crippen LogP contribution in [0, 0.1) is 0 Å². The maximum atomic E-state index is 12.8. The Kier molecular flexibility index (Phi) is 6.80. The van der Waals surface area contributed by atoms with E-state index in [-0.39, 0.29) is 40.8 Å². The van der Waals surface area contributed by atoms with Crippen LogP contribution in [0.25, 0.3) is 11.0 Å². The number of phenolic OH excluding ortho intramolecular Hbond substituents is 1. The molecule has 0 atom stereocenters. The van der Waals surface area contributed by atoms with E-state index < -0.39 is 11.3 Å². The lowest BCUT2D eigenvalue weighted by Crippen LogP contribution is -2.51. The Morgan fingerprint density at radius 1 is 0.973 bits per heavy atom. The number of rotatable bonds is 6. The van der Waals surface area contributed by atoms with Gasteiger partial charge in [-0.3, -0.25) is 19.2 Å². The number of benzene rings is 2. The van der Waals surface area contributed by atoms with Gasteiger partial charge in [0.2, 0.25) is 11.8 Å². The van der Waals surface area contributed by atoms with Gasteiger partial charge in [0, 0.05) is 63.5 Å². The minimum atomic E-state index is -0.681. The first-order valence-electron chi connectivity index (χ1n) is 12.3. The number of fused-ring (bicyclic) bond motifs is 1. The molecule has 0 bridgehead atoms. The number of carbonyl (C=O) groups is 3. The third-order valence-corrected chi connectivity index (χ3v) is 6.83. The monoisotopic (exact) mass is 504 g/mol. The van der Waals surface area contributed by atoms with Crippen LogP contribution in [0.4, 0.5) is 5.69 Å². The topological polar surface area (TPSA) is 123 Å². The van der Waals surface area contributed by atoms with Crippen molar-refractivity contribution >= 4 is 34.4 Å². The number of nitrogens with zero attached hydrogens (tertiary/aromatic N) is 3. The maximum Gasteiger partial charge on any atom is 0.287 e. The summed E-state index contributed by atoms with van der Waals surface area (Å²) < 4.78 is 5.46. The zero-order valence-corrected chi connectivity index (χ0v) is 20.3. The molecule has 10 nitrogen and oxygen atoms in total. The number of hydrogen-bond acceptors (Lipinski definition) is 7. The molecule has 2 aliphatic heterocycles. The molecule has 3 amide bonds. The van der Waals surface area contributed by atoms with Crippen LogP contribution in [0.2, 0.25) is 0 Å². The van der Waals surface area contributed by atoms with Crippen LogP contribution < -0.4 is 15.6 Å². The van der Waals surface area contributed by atoms with Gasteiger partial charge in [0.25, 0.3) is 5.91 Å². The Hall–Kier alpha value is -4.34. The summed E-state index contributed by atoms with van der Waals surface area (Å²) in [7, 11) is 0. The van der Waals surface area contributed by atoms with Gasteiger partial charge in [-0.1, -0.05) is 18.2 Å². The number of amides is 3. The largest absolute Gasteiger partial charge is 0.508 e. The molecule has 2 aliphatic rings. The number of likely N-dealkylation sites (tertiary alicyclic amines) is 1. The van der Waals surface area contributed by atoms with Gasteiger partial charge in [0.1, 0.15) is 11.3 Å². The fraction of sp³-hybridized carbons (Fsp3) is 0.333. The van der Waals surface area contributed by atoms with Gasteiger partial charge in [-0.15, -0.1) is 0 Å². The standard InChI is InChI=1S/C27H28N4O6/c32-19-7-8-20-22(33)15-24(37-23(20)14-19)27(36)28-16-26(35)30-12-10-29(11-13-30)21-5-2-1-4-18(21)17-31-9-3-6-25(31)34/h1-2,4-5,7-8,14-15,32H,3,6,9-13,16-17H2,(H,28,36). The van der Waals surface area contributed by atoms with Crippen molar-refractivity contribution in [1.29, 1.82) is 0 Å². The highest BCUT2D eigenvalue weighted by Gasteiger charge is 2.25. The lowest BCUT2D eigenvalue weighted by atomic mass is 10.1. The van der Waals surface area contributed by atoms with E-state index in [1.54, 1.807) is 4.90 Å². The predicted octanol–water partition coefficient (Wildman–Crippen LogP) is 1.70. The van der Waals surface area contributed by atoms with Gasteiger partial charge in [0.05, 0.1) is 11.9 Å². The second-order valence-corrected chi connectivity index (χ2v) is 9.25. The van der Waals surface area contributed by atoms with Crippen molar-refractivity contribution in [2.24, 2.45) is 0 Å². The molecule has 2 aromatic carbocycles. The summed E-state index contributed by atoms with van der Waals surface area (Å²) in [5.74, 6) is -1.04. The van der Waals surface area contributed by atoms with Gasteiger partial charge in [-0.2, -0.15) is 0 Å². The van der Waals surface area contributed by atoms with Crippen molar-refractivity contribution < 1.29 is 23.9 Å². The highest BCUT2D eigenvalue weighted by Crippen LogP contribution is 2.25. The average Bonchev–Trinajstić information content (AvgIpc) is 3.31. The van der Waals surface area contributed by atoms with Gasteiger partial charge in [-0.05, 0) is 30.2 Å². The number of aromatic hydroxyl groups is 1. The first-order chi connectivity index (χ1) is 17.9. The van der Waals surface area contributed by atoms with Crippen molar-refractivity contribution in [2.75, 3.05) is 44.2 Å². The molecule has 2 N–H and O–H groups in total. The SMILES string of the molecule is O=C(NCC(=O)N1CCN(c2ccccc2CN2CCCC2=O)CC1)c1cc(=O)c2ccc(O)cc2o1. The smallest absolute Gasteiger partial charge is 0.287 e. The quantitative estimate of drug-likeness (QED) is 0.524. The molecule has 1 aromatic heterocycles. The van der Waals surface area contributed by atoms with E-state index >= 15 is 0 Å². The summed E-state index contributed by atoms with van der Waals surface area (Å²) in [6, 6.07) is 13.2. The van der Waals surface area contributed by atoms with Crippen LogP contribution in [0.15, 0.2) is 57.7 Å². The van der Waals surface area contributed by atoms with E-state index in [4.69, 9.17) is 4.42 Å². The Labute approximate surface area is 213 Å². The number of carbonyl (C=O) groups excluding carboxylic acids is 3. The Morgan fingerprint density at radius 2 is 1.76 bits per heavy atom. The number of anilines is 1. The van der Waals surface area contributed by atoms with Crippen LogP contribution in [-0.2, 0) is 16.1 Å². The molecule has 5 rings (SSSR count). The third kappa shape index (κ3) is 5.28. The van der Waals surface area contributed by atoms with Crippen molar-refractivity contribution in [3.8, 4) is 5.75 Å². The molecular formula is C27H28N4O6. The summed E-state index contributed by atoms with van der Waals surface area (Å²) in [4.78, 5) is 55.4. The first kappa shape index (κ1) is 24.4. The molecule has 0 unspecified atom stereocenters. The lowest BCUT2D eigenvalue weighted by molar-refractivity contribution is -0.130. The van der Waals surface area contributed by atoms with Crippen molar-refractivity contribution in [3.05, 3.63) is 70.1 Å². The first-order valence-corrected chi connectivity index (χ1v) is 12.3. The molecule has 3 heterocycles. The molecule has 192 valence electrons. The molecule has 2 fully saturated rings. The molecule has 2 saturated heterocycles. The molecule has 0 spiro atoms. The van der Waals surface area contributed by atoms with Crippen LogP contribution in [0.5, 0.6) is 5.75 Å². The minimum absolute atomic E-state index is 0.0883. The maximum absolute atomic E-state index is 12.8. The second-order valence-electron chi connectivity index (χ2n) is 9.25. The summed E-state index contributed by atoms with van der Waals surface area (Å²) in [6.45, 7) is 3.40. The normalized spacial score (nSPS) is 15.9. The summed E-state index contributed by atoms with van der Waals surface area (Å²) in [5, 5.41) is 12.4. The summed E-state index contributed by atoms with van der Waals surface area (Å²) >= 11 is 0. The summed E-state index contributed by atoms with van der Waals surface area (Å²) in [6.07, 6.45) is 1.50. The zero-order valence-electron chi connectivity index (χ0n) is 20.3. The molecule has 0 saturated carbocycles. The van der Waals surface area contributed by atoms with Crippen molar-refractivity contribution in [2.45, 2.75) is 19.4 Å². The predicted molar refractivity (Wildman–Crippen MR) is 136 cm³/mol. The highest BCUT2D eigenvalue weighted by atomic mass is 16.3. The van der Waals surface area contributed by atoms with E-state index in [1.165, 1.54) is 18.2 Å². The molecule has 3 aromatic rings. The Bertz CT molecular complexity index is 1410. The van der Waals surface area contributed by atoms with Crippen LogP contribution in [-0.4, -0.2) is 71.9 Å². The average molecular weight is 505 g/mol. The number of phenols is 1. The van der Waals surface area contributed by atoms with E-state index in [2.05, 4.69) is 10.2 Å². The van der Waals surface area contributed by atoms with Gasteiger partial charge in [-0.25, -0.2) is 0 Å². The second kappa shape index (κ2) is 10.3. The molecular weight excluding hydrogens is 476 g/mol. The number of para-hydroxylation sites is 1. The van der Waals surface area contributed by atoms with E-state index in [0.29, 0.717) is 39.1 Å². The number of hydrogen-bond donors (Lipinski definition) is 2. The van der Waals surface area contributed by atoms with Crippen LogP contribution in [0.1, 0.15) is 29.0 Å². The van der Waals surface area contributed by atoms with E-state index in [9.17, 15) is 24.3 Å². The molecule has 0 radical (unpaired) electrons. The van der Waals surface area contributed by atoms with Gasteiger partial charge in [0.15, 0.2) is 11.2 Å². The molecule has 10 heteroatoms. The van der Waals surface area contributed by atoms with E-state index in [1.807, 2.05) is 29.2 Å². The van der Waals surface area contributed by atoms with Crippen molar-refractivity contribution in [1.82, 2.24) is 15.1 Å². The van der Waals surface area contributed by atoms with E-state index in [0.717, 1.165) is 30.3 Å². The van der Waals surface area contributed by atoms with Crippen LogP contribution >= 0.6 is 0 Å². The van der Waals surface area contributed by atoms with Gasteiger partial charge < -0.3 is 29.5 Å². The highest BCUT2D eigenvalue weighted by molar-refractivity contribution is 5.95. The summed E-state index contributed by atoms with van der Waals surface area (Å²) in [5.41, 5.74) is 1.84. The third-order valence-electron chi connectivity index (χ3n) is 6.83. The Balaban J connectivity index is 1.17. The number of nitrogens with one attached hydrogen (secondary N) is 1. The van der Waals surface area contributed by atoms with Crippen LogP contribution in [0.3, 0.4) is 0 Å². The molecule has 0 aliphatic carbocycles. The minimum Gasteiger partial charge on any atom is -0.508 e. The fourth-order valence-corrected chi connectivity index (χ4v) is 4.84. The van der Waals surface area contributed by atoms with Gasteiger partial charge >= 0.3 is 0 Å². The zero-order chi connectivity index (χ0) is 25.9. The fourth-order valence-electron chi connectivity index (χ4n) is 4.84.